The van der Waals surface area contributed by atoms with E-state index in [1.54, 1.807) is 19.2 Å². The number of fused-ring (bicyclic) bond motifs is 1. The molecule has 0 fully saturated rings. The first-order valence-corrected chi connectivity index (χ1v) is 8.34. The maximum atomic E-state index is 5.84. The van der Waals surface area contributed by atoms with E-state index < -0.39 is 0 Å². The maximum Gasteiger partial charge on any atom is 0.231 e. The van der Waals surface area contributed by atoms with Crippen LogP contribution in [0, 0.1) is 0 Å². The Hall–Kier alpha value is -1.87. The van der Waals surface area contributed by atoms with Gasteiger partial charge in [0.25, 0.3) is 0 Å². The number of hydrogen-bond acceptors (Lipinski definition) is 4. The van der Waals surface area contributed by atoms with E-state index >= 15 is 0 Å². The maximum absolute atomic E-state index is 5.84. The smallest absolute Gasteiger partial charge is 0.231 e. The van der Waals surface area contributed by atoms with E-state index in [0.29, 0.717) is 30.7 Å². The summed E-state index contributed by atoms with van der Waals surface area (Å²) in [7, 11) is 1.73. The first-order valence-electron chi connectivity index (χ1n) is 7.96. The fourth-order valence-corrected chi connectivity index (χ4v) is 2.45. The number of aliphatic imine (C=N–C) groups is 1. The molecule has 2 N–H and O–H groups in total. The van der Waals surface area contributed by atoms with Crippen molar-refractivity contribution >= 4 is 41.5 Å². The first kappa shape index (κ1) is 20.4. The summed E-state index contributed by atoms with van der Waals surface area (Å²) in [4.78, 5) is 4.20. The number of ether oxygens (including phenoxy) is 3. The van der Waals surface area contributed by atoms with Crippen molar-refractivity contribution in [1.29, 1.82) is 0 Å². The molecule has 0 saturated heterocycles. The molecule has 0 spiro atoms. The SMILES string of the molecule is CN=C(NCCOc1ccc(Cl)cc1)NCc1ccc2c(c1)OCO2.I. The van der Waals surface area contributed by atoms with Crippen LogP contribution in [0.5, 0.6) is 17.2 Å². The molecule has 1 aliphatic heterocycles. The quantitative estimate of drug-likeness (QED) is 0.282. The Balaban J connectivity index is 0.00000243. The van der Waals surface area contributed by atoms with E-state index in [1.165, 1.54) is 0 Å². The van der Waals surface area contributed by atoms with Gasteiger partial charge in [-0.3, -0.25) is 4.99 Å². The molecule has 0 radical (unpaired) electrons. The summed E-state index contributed by atoms with van der Waals surface area (Å²) >= 11 is 5.84. The van der Waals surface area contributed by atoms with E-state index in [1.807, 2.05) is 30.3 Å². The minimum absolute atomic E-state index is 0. The Kier molecular flexibility index (Phi) is 8.11. The molecule has 1 aliphatic rings. The molecule has 0 aliphatic carbocycles. The van der Waals surface area contributed by atoms with Gasteiger partial charge in [0.15, 0.2) is 17.5 Å². The lowest BCUT2D eigenvalue weighted by molar-refractivity contribution is 0.174. The molecule has 6 nitrogen and oxygen atoms in total. The summed E-state index contributed by atoms with van der Waals surface area (Å²) in [5, 5.41) is 7.15. The molecule has 1 heterocycles. The van der Waals surface area contributed by atoms with Crippen LogP contribution in [0.25, 0.3) is 0 Å². The lowest BCUT2D eigenvalue weighted by Crippen LogP contribution is -2.38. The van der Waals surface area contributed by atoms with Gasteiger partial charge < -0.3 is 24.8 Å². The summed E-state index contributed by atoms with van der Waals surface area (Å²) in [5.41, 5.74) is 1.09. The van der Waals surface area contributed by atoms with Gasteiger partial charge in [-0.1, -0.05) is 17.7 Å². The summed E-state index contributed by atoms with van der Waals surface area (Å²) in [6, 6.07) is 13.2. The van der Waals surface area contributed by atoms with Crippen LogP contribution < -0.4 is 24.8 Å². The Morgan fingerprint density at radius 3 is 2.65 bits per heavy atom. The highest BCUT2D eigenvalue weighted by atomic mass is 127. The number of nitrogens with one attached hydrogen (secondary N) is 2. The van der Waals surface area contributed by atoms with E-state index in [-0.39, 0.29) is 30.8 Å². The van der Waals surface area contributed by atoms with Gasteiger partial charge in [0.05, 0.1) is 6.54 Å². The molecule has 0 aromatic heterocycles. The van der Waals surface area contributed by atoms with Gasteiger partial charge >= 0.3 is 0 Å². The van der Waals surface area contributed by atoms with Crippen LogP contribution in [-0.4, -0.2) is 33.0 Å². The molecule has 0 bridgehead atoms. The summed E-state index contributed by atoms with van der Waals surface area (Å²) in [6.45, 7) is 2.06. The minimum atomic E-state index is 0. The van der Waals surface area contributed by atoms with Gasteiger partial charge in [0.1, 0.15) is 12.4 Å². The summed E-state index contributed by atoms with van der Waals surface area (Å²) in [5.74, 6) is 3.05. The Morgan fingerprint density at radius 1 is 1.12 bits per heavy atom. The van der Waals surface area contributed by atoms with Gasteiger partial charge in [-0.15, -0.1) is 24.0 Å². The molecule has 2 aromatic rings. The lowest BCUT2D eigenvalue weighted by Gasteiger charge is -2.13. The zero-order chi connectivity index (χ0) is 17.5. The van der Waals surface area contributed by atoms with Gasteiger partial charge in [-0.25, -0.2) is 0 Å². The molecule has 0 unspecified atom stereocenters. The third-order valence-corrected chi connectivity index (χ3v) is 3.85. The van der Waals surface area contributed by atoms with Crippen LogP contribution in [0.15, 0.2) is 47.5 Å². The molecule has 8 heteroatoms. The van der Waals surface area contributed by atoms with Crippen LogP contribution >= 0.6 is 35.6 Å². The number of hydrogen-bond donors (Lipinski definition) is 2. The van der Waals surface area contributed by atoms with Crippen molar-refractivity contribution < 1.29 is 14.2 Å². The van der Waals surface area contributed by atoms with Gasteiger partial charge in [-0.05, 0) is 42.0 Å². The second-order valence-corrected chi connectivity index (χ2v) is 5.78. The Bertz CT molecular complexity index is 741. The van der Waals surface area contributed by atoms with Crippen LogP contribution in [0.2, 0.25) is 5.02 Å². The molecule has 3 rings (SSSR count). The van der Waals surface area contributed by atoms with Crippen LogP contribution in [0.1, 0.15) is 5.56 Å². The largest absolute Gasteiger partial charge is 0.492 e. The number of halogens is 2. The van der Waals surface area contributed by atoms with Crippen molar-refractivity contribution in [2.75, 3.05) is 27.0 Å². The van der Waals surface area contributed by atoms with Crippen molar-refractivity contribution in [2.24, 2.45) is 4.99 Å². The van der Waals surface area contributed by atoms with Crippen molar-refractivity contribution in [2.45, 2.75) is 6.54 Å². The second-order valence-electron chi connectivity index (χ2n) is 5.34. The van der Waals surface area contributed by atoms with Crippen LogP contribution in [0.4, 0.5) is 0 Å². The number of rotatable bonds is 6. The monoisotopic (exact) mass is 489 g/mol. The van der Waals surface area contributed by atoms with Crippen LogP contribution in [-0.2, 0) is 6.54 Å². The third kappa shape index (κ3) is 5.84. The van der Waals surface area contributed by atoms with E-state index in [0.717, 1.165) is 22.8 Å². The average Bonchev–Trinajstić information content (AvgIpc) is 3.10. The standard InChI is InChI=1S/C18H20ClN3O3.HI/c1-20-18(21-8-9-23-15-5-3-14(19)4-6-15)22-11-13-2-7-16-17(10-13)25-12-24-16;/h2-7,10H,8-9,11-12H2,1H3,(H2,20,21,22);1H. The second kappa shape index (κ2) is 10.3. The predicted octanol–water partition coefficient (Wildman–Crippen LogP) is 3.43. The van der Waals surface area contributed by atoms with Crippen molar-refractivity contribution in [3.63, 3.8) is 0 Å². The number of benzene rings is 2. The molecule has 0 amide bonds. The molecule has 26 heavy (non-hydrogen) atoms. The molecule has 140 valence electrons. The van der Waals surface area contributed by atoms with Crippen LogP contribution in [0.3, 0.4) is 0 Å². The Morgan fingerprint density at radius 2 is 1.88 bits per heavy atom. The highest BCUT2D eigenvalue weighted by Crippen LogP contribution is 2.32. The van der Waals surface area contributed by atoms with Crippen molar-refractivity contribution in [1.82, 2.24) is 10.6 Å². The zero-order valence-electron chi connectivity index (χ0n) is 14.3. The fourth-order valence-electron chi connectivity index (χ4n) is 2.33. The summed E-state index contributed by atoms with van der Waals surface area (Å²) in [6.07, 6.45) is 0. The molecular weight excluding hydrogens is 469 g/mol. The van der Waals surface area contributed by atoms with E-state index in [2.05, 4.69) is 15.6 Å². The third-order valence-electron chi connectivity index (χ3n) is 3.60. The molecule has 2 aromatic carbocycles. The van der Waals surface area contributed by atoms with Gasteiger partial charge in [0, 0.05) is 18.6 Å². The highest BCUT2D eigenvalue weighted by molar-refractivity contribution is 14.0. The summed E-state index contributed by atoms with van der Waals surface area (Å²) < 4.78 is 16.3. The fraction of sp³-hybridized carbons (Fsp3) is 0.278. The molecule has 0 saturated carbocycles. The minimum Gasteiger partial charge on any atom is -0.492 e. The Labute approximate surface area is 174 Å². The van der Waals surface area contributed by atoms with E-state index in [9.17, 15) is 0 Å². The van der Waals surface area contributed by atoms with Gasteiger partial charge in [-0.2, -0.15) is 0 Å². The van der Waals surface area contributed by atoms with Crippen molar-refractivity contribution in [3.8, 4) is 17.2 Å². The predicted molar refractivity (Wildman–Crippen MR) is 113 cm³/mol. The average molecular weight is 490 g/mol. The number of nitrogens with zero attached hydrogens (tertiary/aromatic N) is 1. The lowest BCUT2D eigenvalue weighted by atomic mass is 10.2. The molecule has 0 atom stereocenters. The van der Waals surface area contributed by atoms with Crippen molar-refractivity contribution in [3.05, 3.63) is 53.1 Å². The first-order chi connectivity index (χ1) is 12.2. The molecular formula is C18H21ClIN3O3. The van der Waals surface area contributed by atoms with E-state index in [4.69, 9.17) is 25.8 Å². The van der Waals surface area contributed by atoms with Gasteiger partial charge in [0.2, 0.25) is 6.79 Å². The normalized spacial score (nSPS) is 12.3. The number of guanidine groups is 1. The zero-order valence-corrected chi connectivity index (χ0v) is 17.4. The topological polar surface area (TPSA) is 64.1 Å². The highest BCUT2D eigenvalue weighted by Gasteiger charge is 2.13.